The standard InChI is InChI=1S/C17H22N2S/c1-4-18-17-7-5-6-15(19-17)12-20-16-10-8-14(9-11-16)13(2)3/h5-11,13H,4,12H2,1-3H3,(H,18,19). The average molecular weight is 286 g/mol. The Hall–Kier alpha value is -1.48. The molecule has 2 aromatic rings. The van der Waals surface area contributed by atoms with E-state index in [4.69, 9.17) is 0 Å². The van der Waals surface area contributed by atoms with Gasteiger partial charge in [-0.1, -0.05) is 32.0 Å². The number of benzene rings is 1. The van der Waals surface area contributed by atoms with Crippen molar-refractivity contribution >= 4 is 17.6 Å². The molecule has 0 aliphatic heterocycles. The highest BCUT2D eigenvalue weighted by Crippen LogP contribution is 2.24. The van der Waals surface area contributed by atoms with E-state index in [1.165, 1.54) is 10.5 Å². The number of nitrogens with zero attached hydrogens (tertiary/aromatic N) is 1. The van der Waals surface area contributed by atoms with Crippen molar-refractivity contribution in [1.82, 2.24) is 4.98 Å². The van der Waals surface area contributed by atoms with E-state index in [2.05, 4.69) is 67.5 Å². The molecule has 0 saturated heterocycles. The van der Waals surface area contributed by atoms with Gasteiger partial charge in [0.15, 0.2) is 0 Å². The Kier molecular flexibility index (Phi) is 5.48. The van der Waals surface area contributed by atoms with Crippen LogP contribution in [0.15, 0.2) is 47.4 Å². The van der Waals surface area contributed by atoms with E-state index in [-0.39, 0.29) is 0 Å². The van der Waals surface area contributed by atoms with Crippen molar-refractivity contribution in [2.45, 2.75) is 37.3 Å². The second-order valence-corrected chi connectivity index (χ2v) is 6.11. The summed E-state index contributed by atoms with van der Waals surface area (Å²) in [5.41, 5.74) is 2.50. The molecule has 0 aliphatic carbocycles. The van der Waals surface area contributed by atoms with E-state index in [0.29, 0.717) is 5.92 Å². The summed E-state index contributed by atoms with van der Waals surface area (Å²) in [6, 6.07) is 15.0. The topological polar surface area (TPSA) is 24.9 Å². The van der Waals surface area contributed by atoms with E-state index in [1.807, 2.05) is 17.8 Å². The van der Waals surface area contributed by atoms with Crippen molar-refractivity contribution in [3.05, 3.63) is 53.7 Å². The Morgan fingerprint density at radius 3 is 2.50 bits per heavy atom. The lowest BCUT2D eigenvalue weighted by Crippen LogP contribution is -2.00. The largest absolute Gasteiger partial charge is 0.370 e. The first-order valence-corrected chi connectivity index (χ1v) is 8.10. The summed E-state index contributed by atoms with van der Waals surface area (Å²) >= 11 is 1.83. The predicted octanol–water partition coefficient (Wildman–Crippen LogP) is 4.93. The molecule has 1 heterocycles. The molecule has 0 bridgehead atoms. The van der Waals surface area contributed by atoms with Crippen molar-refractivity contribution in [3.8, 4) is 0 Å². The summed E-state index contributed by atoms with van der Waals surface area (Å²) in [5.74, 6) is 2.45. The molecule has 2 rings (SSSR count). The summed E-state index contributed by atoms with van der Waals surface area (Å²) in [6.07, 6.45) is 0. The van der Waals surface area contributed by atoms with Crippen LogP contribution in [-0.4, -0.2) is 11.5 Å². The highest BCUT2D eigenvalue weighted by molar-refractivity contribution is 7.98. The van der Waals surface area contributed by atoms with Crippen LogP contribution in [0.3, 0.4) is 0 Å². The number of anilines is 1. The summed E-state index contributed by atoms with van der Waals surface area (Å²) in [4.78, 5) is 5.89. The first-order valence-electron chi connectivity index (χ1n) is 7.11. The van der Waals surface area contributed by atoms with Gasteiger partial charge >= 0.3 is 0 Å². The Labute approximate surface area is 126 Å². The monoisotopic (exact) mass is 286 g/mol. The average Bonchev–Trinajstić information content (AvgIpc) is 2.46. The molecule has 2 nitrogen and oxygen atoms in total. The van der Waals surface area contributed by atoms with Crippen molar-refractivity contribution < 1.29 is 0 Å². The lowest BCUT2D eigenvalue weighted by Gasteiger charge is -2.07. The van der Waals surface area contributed by atoms with Crippen molar-refractivity contribution in [3.63, 3.8) is 0 Å². The van der Waals surface area contributed by atoms with Gasteiger partial charge in [-0.05, 0) is 42.7 Å². The summed E-state index contributed by atoms with van der Waals surface area (Å²) in [7, 11) is 0. The number of hydrogen-bond donors (Lipinski definition) is 1. The molecule has 3 heteroatoms. The van der Waals surface area contributed by atoms with E-state index in [9.17, 15) is 0 Å². The molecule has 0 amide bonds. The third-order valence-corrected chi connectivity index (χ3v) is 4.14. The van der Waals surface area contributed by atoms with Gasteiger partial charge in [0.05, 0.1) is 5.69 Å². The van der Waals surface area contributed by atoms with Gasteiger partial charge in [-0.2, -0.15) is 0 Å². The van der Waals surface area contributed by atoms with Crippen LogP contribution < -0.4 is 5.32 Å². The maximum absolute atomic E-state index is 4.59. The number of pyridine rings is 1. The van der Waals surface area contributed by atoms with E-state index in [0.717, 1.165) is 23.8 Å². The minimum atomic E-state index is 0.590. The molecule has 0 fully saturated rings. The Morgan fingerprint density at radius 1 is 1.10 bits per heavy atom. The molecule has 1 aromatic heterocycles. The van der Waals surface area contributed by atoms with E-state index < -0.39 is 0 Å². The number of aromatic nitrogens is 1. The van der Waals surface area contributed by atoms with Crippen LogP contribution in [0.2, 0.25) is 0 Å². The fraction of sp³-hybridized carbons (Fsp3) is 0.353. The predicted molar refractivity (Wildman–Crippen MR) is 88.5 cm³/mol. The highest BCUT2D eigenvalue weighted by Gasteiger charge is 2.01. The molecule has 0 unspecified atom stereocenters. The summed E-state index contributed by atoms with van der Waals surface area (Å²) in [5, 5.41) is 3.25. The quantitative estimate of drug-likeness (QED) is 0.762. The van der Waals surface area contributed by atoms with Crippen LogP contribution in [0, 0.1) is 0 Å². The number of hydrogen-bond acceptors (Lipinski definition) is 3. The molecule has 0 radical (unpaired) electrons. The van der Waals surface area contributed by atoms with E-state index >= 15 is 0 Å². The first kappa shape index (κ1) is 14.9. The lowest BCUT2D eigenvalue weighted by molar-refractivity contribution is 0.865. The zero-order chi connectivity index (χ0) is 14.4. The number of thioether (sulfide) groups is 1. The van der Waals surface area contributed by atoms with Crippen molar-refractivity contribution in [2.75, 3.05) is 11.9 Å². The molecule has 20 heavy (non-hydrogen) atoms. The molecular formula is C17H22N2S. The molecule has 1 aromatic carbocycles. The third-order valence-electron chi connectivity index (χ3n) is 3.10. The fourth-order valence-corrected chi connectivity index (χ4v) is 2.75. The molecule has 0 saturated carbocycles. The number of rotatable bonds is 6. The van der Waals surface area contributed by atoms with Gasteiger partial charge < -0.3 is 5.32 Å². The van der Waals surface area contributed by atoms with E-state index in [1.54, 1.807) is 0 Å². The maximum Gasteiger partial charge on any atom is 0.126 e. The lowest BCUT2D eigenvalue weighted by atomic mass is 10.0. The van der Waals surface area contributed by atoms with Gasteiger partial charge in [-0.15, -0.1) is 11.8 Å². The van der Waals surface area contributed by atoms with Crippen LogP contribution in [0.1, 0.15) is 37.9 Å². The zero-order valence-corrected chi connectivity index (χ0v) is 13.2. The Bertz CT molecular complexity index is 535. The van der Waals surface area contributed by atoms with Gasteiger partial charge in [0.1, 0.15) is 5.82 Å². The number of nitrogens with one attached hydrogen (secondary N) is 1. The van der Waals surface area contributed by atoms with Crippen LogP contribution in [-0.2, 0) is 5.75 Å². The van der Waals surface area contributed by atoms with Crippen LogP contribution in [0.4, 0.5) is 5.82 Å². The van der Waals surface area contributed by atoms with Crippen LogP contribution in [0.5, 0.6) is 0 Å². The second-order valence-electron chi connectivity index (χ2n) is 5.06. The molecule has 0 atom stereocenters. The zero-order valence-electron chi connectivity index (χ0n) is 12.4. The minimum Gasteiger partial charge on any atom is -0.370 e. The molecule has 0 spiro atoms. The van der Waals surface area contributed by atoms with Crippen molar-refractivity contribution in [2.24, 2.45) is 0 Å². The Balaban J connectivity index is 1.96. The van der Waals surface area contributed by atoms with Crippen LogP contribution in [0.25, 0.3) is 0 Å². The second kappa shape index (κ2) is 7.34. The van der Waals surface area contributed by atoms with Gasteiger partial charge in [-0.3, -0.25) is 0 Å². The highest BCUT2D eigenvalue weighted by atomic mass is 32.2. The SMILES string of the molecule is CCNc1cccc(CSc2ccc(C(C)C)cc2)n1. The normalized spacial score (nSPS) is 10.8. The maximum atomic E-state index is 4.59. The fourth-order valence-electron chi connectivity index (χ4n) is 1.95. The Morgan fingerprint density at radius 2 is 1.85 bits per heavy atom. The first-order chi connectivity index (χ1) is 9.69. The molecular weight excluding hydrogens is 264 g/mol. The van der Waals surface area contributed by atoms with Gasteiger partial charge in [0.25, 0.3) is 0 Å². The summed E-state index contributed by atoms with van der Waals surface area (Å²) < 4.78 is 0. The molecule has 1 N–H and O–H groups in total. The third kappa shape index (κ3) is 4.27. The summed E-state index contributed by atoms with van der Waals surface area (Å²) in [6.45, 7) is 7.43. The van der Waals surface area contributed by atoms with Crippen molar-refractivity contribution in [1.29, 1.82) is 0 Å². The van der Waals surface area contributed by atoms with Crippen LogP contribution >= 0.6 is 11.8 Å². The smallest absolute Gasteiger partial charge is 0.126 e. The molecule has 106 valence electrons. The molecule has 0 aliphatic rings. The van der Waals surface area contributed by atoms with Gasteiger partial charge in [-0.25, -0.2) is 4.98 Å². The van der Waals surface area contributed by atoms with Gasteiger partial charge in [0, 0.05) is 17.2 Å². The van der Waals surface area contributed by atoms with Gasteiger partial charge in [0.2, 0.25) is 0 Å². The minimum absolute atomic E-state index is 0.590.